The van der Waals surface area contributed by atoms with Crippen LogP contribution in [0.5, 0.6) is 0 Å². The number of carbonyl (C=O) groups is 1. The second-order valence-corrected chi connectivity index (χ2v) is 4.18. The van der Waals surface area contributed by atoms with Crippen LogP contribution in [0, 0.1) is 0 Å². The monoisotopic (exact) mass is 238 g/mol. The summed E-state index contributed by atoms with van der Waals surface area (Å²) < 4.78 is 2.05. The molecule has 1 amide bonds. The van der Waals surface area contributed by atoms with E-state index in [0.29, 0.717) is 13.1 Å². The van der Waals surface area contributed by atoms with E-state index >= 15 is 0 Å². The van der Waals surface area contributed by atoms with Crippen LogP contribution in [0.2, 0.25) is 0 Å². The number of rotatable bonds is 4. The van der Waals surface area contributed by atoms with Gasteiger partial charge in [-0.2, -0.15) is 0 Å². The Morgan fingerprint density at radius 1 is 1.24 bits per heavy atom. The van der Waals surface area contributed by atoms with Crippen LogP contribution >= 0.6 is 0 Å². The standard InChI is InChI=1S/C11H18N4O2/c16-9-11(17)15-7-5-13(6-8-15)3-4-14-2-1-12-10-14/h1-2,10,16H,3-9H2. The average molecular weight is 238 g/mol. The van der Waals surface area contributed by atoms with Crippen LogP contribution in [0.15, 0.2) is 18.7 Å². The van der Waals surface area contributed by atoms with Crippen molar-refractivity contribution in [3.05, 3.63) is 18.7 Å². The third-order valence-electron chi connectivity index (χ3n) is 3.09. The van der Waals surface area contributed by atoms with E-state index in [-0.39, 0.29) is 12.5 Å². The SMILES string of the molecule is O=C(CO)N1CCN(CCn2ccnc2)CC1. The molecule has 6 heteroatoms. The Kier molecular flexibility index (Phi) is 4.11. The number of aliphatic hydroxyl groups is 1. The number of piperazine rings is 1. The Labute approximate surface area is 100 Å². The van der Waals surface area contributed by atoms with Crippen LogP contribution in [0.25, 0.3) is 0 Å². The van der Waals surface area contributed by atoms with Gasteiger partial charge in [0, 0.05) is 51.7 Å². The van der Waals surface area contributed by atoms with E-state index in [2.05, 4.69) is 9.88 Å². The van der Waals surface area contributed by atoms with E-state index in [0.717, 1.165) is 26.2 Å². The van der Waals surface area contributed by atoms with Crippen LogP contribution in [-0.2, 0) is 11.3 Å². The molecule has 6 nitrogen and oxygen atoms in total. The number of hydrogen-bond donors (Lipinski definition) is 1. The smallest absolute Gasteiger partial charge is 0.248 e. The summed E-state index contributed by atoms with van der Waals surface area (Å²) in [5, 5.41) is 8.77. The molecule has 1 saturated heterocycles. The van der Waals surface area contributed by atoms with E-state index in [9.17, 15) is 4.79 Å². The van der Waals surface area contributed by atoms with Gasteiger partial charge >= 0.3 is 0 Å². The highest BCUT2D eigenvalue weighted by Gasteiger charge is 2.19. The molecule has 0 saturated carbocycles. The number of aromatic nitrogens is 2. The van der Waals surface area contributed by atoms with Crippen molar-refractivity contribution < 1.29 is 9.90 Å². The molecule has 1 aromatic heterocycles. The Hall–Kier alpha value is -1.40. The fourth-order valence-corrected chi connectivity index (χ4v) is 2.00. The lowest BCUT2D eigenvalue weighted by atomic mass is 10.3. The summed E-state index contributed by atoms with van der Waals surface area (Å²) in [6.45, 7) is 4.69. The van der Waals surface area contributed by atoms with Crippen molar-refractivity contribution in [2.75, 3.05) is 39.3 Å². The van der Waals surface area contributed by atoms with E-state index < -0.39 is 0 Å². The van der Waals surface area contributed by atoms with E-state index in [1.165, 1.54) is 0 Å². The van der Waals surface area contributed by atoms with Gasteiger partial charge in [-0.1, -0.05) is 0 Å². The Morgan fingerprint density at radius 3 is 2.59 bits per heavy atom. The van der Waals surface area contributed by atoms with Gasteiger partial charge < -0.3 is 14.6 Å². The predicted octanol–water partition coefficient (Wildman–Crippen LogP) is -0.980. The molecule has 94 valence electrons. The molecule has 0 atom stereocenters. The molecular formula is C11H18N4O2. The summed E-state index contributed by atoms with van der Waals surface area (Å²) >= 11 is 0. The quantitative estimate of drug-likeness (QED) is 0.732. The fourth-order valence-electron chi connectivity index (χ4n) is 2.00. The zero-order valence-electron chi connectivity index (χ0n) is 9.83. The second-order valence-electron chi connectivity index (χ2n) is 4.18. The van der Waals surface area contributed by atoms with E-state index in [1.807, 2.05) is 17.1 Å². The summed E-state index contributed by atoms with van der Waals surface area (Å²) in [5.74, 6) is -0.167. The molecule has 17 heavy (non-hydrogen) atoms. The first kappa shape index (κ1) is 12.1. The molecular weight excluding hydrogens is 220 g/mol. The maximum Gasteiger partial charge on any atom is 0.248 e. The number of nitrogens with zero attached hydrogens (tertiary/aromatic N) is 4. The number of amides is 1. The molecule has 1 aliphatic heterocycles. The molecule has 0 spiro atoms. The third-order valence-corrected chi connectivity index (χ3v) is 3.09. The van der Waals surface area contributed by atoms with Gasteiger partial charge in [0.2, 0.25) is 5.91 Å². The van der Waals surface area contributed by atoms with Crippen LogP contribution in [0.1, 0.15) is 0 Å². The zero-order chi connectivity index (χ0) is 12.1. The highest BCUT2D eigenvalue weighted by Crippen LogP contribution is 2.02. The van der Waals surface area contributed by atoms with Crippen molar-refractivity contribution in [1.29, 1.82) is 0 Å². The minimum absolute atomic E-state index is 0.167. The molecule has 2 heterocycles. The summed E-state index contributed by atoms with van der Waals surface area (Å²) in [6, 6.07) is 0. The molecule has 1 fully saturated rings. The van der Waals surface area contributed by atoms with Crippen LogP contribution in [0.4, 0.5) is 0 Å². The Bertz CT molecular complexity index is 344. The Morgan fingerprint density at radius 2 is 2.00 bits per heavy atom. The maximum absolute atomic E-state index is 11.3. The van der Waals surface area contributed by atoms with Gasteiger partial charge in [0.05, 0.1) is 6.33 Å². The number of carbonyl (C=O) groups excluding carboxylic acids is 1. The van der Waals surface area contributed by atoms with Gasteiger partial charge in [0.15, 0.2) is 0 Å². The highest BCUT2D eigenvalue weighted by molar-refractivity contribution is 5.77. The van der Waals surface area contributed by atoms with Crippen LogP contribution in [-0.4, -0.2) is 69.7 Å². The van der Waals surface area contributed by atoms with Gasteiger partial charge in [-0.25, -0.2) is 4.98 Å². The maximum atomic E-state index is 11.3. The number of imidazole rings is 1. The average Bonchev–Trinajstić information content (AvgIpc) is 2.89. The molecule has 1 aromatic rings. The van der Waals surface area contributed by atoms with Crippen molar-refractivity contribution in [2.24, 2.45) is 0 Å². The first-order chi connectivity index (χ1) is 8.29. The van der Waals surface area contributed by atoms with Crippen LogP contribution < -0.4 is 0 Å². The summed E-state index contributed by atoms with van der Waals surface area (Å²) in [6.07, 6.45) is 5.54. The molecule has 0 bridgehead atoms. The molecule has 0 unspecified atom stereocenters. The molecule has 1 N–H and O–H groups in total. The lowest BCUT2D eigenvalue weighted by molar-refractivity contribution is -0.135. The third kappa shape index (κ3) is 3.28. The largest absolute Gasteiger partial charge is 0.387 e. The molecule has 2 rings (SSSR count). The van der Waals surface area contributed by atoms with Gasteiger partial charge in [0.1, 0.15) is 6.61 Å². The van der Waals surface area contributed by atoms with Crippen molar-refractivity contribution in [1.82, 2.24) is 19.4 Å². The van der Waals surface area contributed by atoms with Crippen molar-refractivity contribution in [3.63, 3.8) is 0 Å². The van der Waals surface area contributed by atoms with Crippen LogP contribution in [0.3, 0.4) is 0 Å². The van der Waals surface area contributed by atoms with E-state index in [1.54, 1.807) is 11.1 Å². The minimum atomic E-state index is -0.380. The summed E-state index contributed by atoms with van der Waals surface area (Å²) in [7, 11) is 0. The van der Waals surface area contributed by atoms with Gasteiger partial charge in [-0.05, 0) is 0 Å². The summed E-state index contributed by atoms with van der Waals surface area (Å²) in [5.41, 5.74) is 0. The first-order valence-electron chi connectivity index (χ1n) is 5.86. The lowest BCUT2D eigenvalue weighted by Crippen LogP contribution is -2.50. The lowest BCUT2D eigenvalue weighted by Gasteiger charge is -2.34. The van der Waals surface area contributed by atoms with Gasteiger partial charge in [0.25, 0.3) is 0 Å². The van der Waals surface area contributed by atoms with Crippen molar-refractivity contribution in [3.8, 4) is 0 Å². The van der Waals surface area contributed by atoms with Crippen molar-refractivity contribution >= 4 is 5.91 Å². The van der Waals surface area contributed by atoms with Crippen molar-refractivity contribution in [2.45, 2.75) is 6.54 Å². The highest BCUT2D eigenvalue weighted by atomic mass is 16.3. The zero-order valence-corrected chi connectivity index (χ0v) is 9.83. The molecule has 0 aliphatic carbocycles. The molecule has 0 aromatic carbocycles. The number of aliphatic hydroxyl groups excluding tert-OH is 1. The normalized spacial score (nSPS) is 17.4. The van der Waals surface area contributed by atoms with E-state index in [4.69, 9.17) is 5.11 Å². The molecule has 0 radical (unpaired) electrons. The Balaban J connectivity index is 1.70. The number of hydrogen-bond acceptors (Lipinski definition) is 4. The molecule has 1 aliphatic rings. The van der Waals surface area contributed by atoms with Gasteiger partial charge in [-0.3, -0.25) is 9.69 Å². The van der Waals surface area contributed by atoms with Gasteiger partial charge in [-0.15, -0.1) is 0 Å². The topological polar surface area (TPSA) is 61.6 Å². The summed E-state index contributed by atoms with van der Waals surface area (Å²) in [4.78, 5) is 19.3. The minimum Gasteiger partial charge on any atom is -0.387 e. The predicted molar refractivity (Wildman–Crippen MR) is 62.3 cm³/mol. The first-order valence-corrected chi connectivity index (χ1v) is 5.86. The fraction of sp³-hybridized carbons (Fsp3) is 0.636. The second kappa shape index (κ2) is 5.79.